The number of carbonyl (C=O) groups is 1. The molecule has 2 aromatic carbocycles. The molecule has 0 aliphatic heterocycles. The Balaban J connectivity index is 1.89. The fourth-order valence-corrected chi connectivity index (χ4v) is 3.20. The first kappa shape index (κ1) is 22.3. The van der Waals surface area contributed by atoms with Crippen molar-refractivity contribution < 1.29 is 18.0 Å². The van der Waals surface area contributed by atoms with Gasteiger partial charge in [-0.25, -0.2) is 0 Å². The van der Waals surface area contributed by atoms with Crippen LogP contribution in [0.25, 0.3) is 16.6 Å². The van der Waals surface area contributed by atoms with Crippen molar-refractivity contribution in [2.45, 2.75) is 13.1 Å². The monoisotopic (exact) mass is 446 g/mol. The van der Waals surface area contributed by atoms with Crippen LogP contribution in [0.5, 0.6) is 0 Å². The number of benzene rings is 2. The Morgan fingerprint density at radius 3 is 2.61 bits per heavy atom. The second kappa shape index (κ2) is 8.77. The van der Waals surface area contributed by atoms with E-state index in [2.05, 4.69) is 15.3 Å². The molecule has 9 heteroatoms. The predicted molar refractivity (Wildman–Crippen MR) is 116 cm³/mol. The van der Waals surface area contributed by atoms with Gasteiger partial charge in [-0.15, -0.1) is 0 Å². The standard InChI is InChI=1S/C22H18ClF3N4O/c1-12-5-6-14(22(24,25)26)9-15(12)18(27)11-20(28-2)30-21(31)16-10-19-13(8-17(16)23)4-3-7-29-19/h3-11H,27H2,1-2H3,(H,28,30,31)/b18-11-. The summed E-state index contributed by atoms with van der Waals surface area (Å²) in [7, 11) is 1.42. The molecule has 31 heavy (non-hydrogen) atoms. The SMILES string of the molecule is CN=C(/C=C(\N)c1cc(C(F)(F)F)ccc1C)NC(=O)c1cc2ncccc2cc1Cl. The molecule has 0 spiro atoms. The molecule has 160 valence electrons. The molecule has 1 amide bonds. The fraction of sp³-hybridized carbons (Fsp3) is 0.136. The summed E-state index contributed by atoms with van der Waals surface area (Å²) in [5.74, 6) is -0.487. The first-order valence-corrected chi connectivity index (χ1v) is 9.45. The van der Waals surface area contributed by atoms with Crippen molar-refractivity contribution in [3.8, 4) is 0 Å². The maximum atomic E-state index is 13.0. The summed E-state index contributed by atoms with van der Waals surface area (Å²) in [6.45, 7) is 1.64. The molecule has 0 aliphatic rings. The van der Waals surface area contributed by atoms with Gasteiger partial charge in [-0.3, -0.25) is 14.8 Å². The second-order valence-corrected chi connectivity index (χ2v) is 7.13. The number of carbonyl (C=O) groups excluding carboxylic acids is 1. The summed E-state index contributed by atoms with van der Waals surface area (Å²) < 4.78 is 39.1. The maximum absolute atomic E-state index is 13.0. The van der Waals surface area contributed by atoms with Crippen LogP contribution in [-0.2, 0) is 6.18 Å². The lowest BCUT2D eigenvalue weighted by atomic mass is 10.0. The number of nitrogens with two attached hydrogens (primary N) is 1. The molecule has 0 bridgehead atoms. The lowest BCUT2D eigenvalue weighted by Gasteiger charge is -2.13. The molecular weight excluding hydrogens is 429 g/mol. The average molecular weight is 447 g/mol. The van der Waals surface area contributed by atoms with Crippen LogP contribution in [0.15, 0.2) is 59.7 Å². The number of aryl methyl sites for hydroxylation is 1. The number of nitrogens with zero attached hydrogens (tertiary/aromatic N) is 2. The molecule has 3 aromatic rings. The summed E-state index contributed by atoms with van der Waals surface area (Å²) in [6, 6.07) is 10.0. The summed E-state index contributed by atoms with van der Waals surface area (Å²) in [5, 5.41) is 3.57. The average Bonchev–Trinajstić information content (AvgIpc) is 2.71. The number of aromatic nitrogens is 1. The van der Waals surface area contributed by atoms with Gasteiger partial charge in [0.05, 0.1) is 21.7 Å². The minimum Gasteiger partial charge on any atom is -0.398 e. The van der Waals surface area contributed by atoms with E-state index in [1.54, 1.807) is 31.3 Å². The van der Waals surface area contributed by atoms with E-state index in [4.69, 9.17) is 17.3 Å². The quantitative estimate of drug-likeness (QED) is 0.440. The van der Waals surface area contributed by atoms with Crippen molar-refractivity contribution in [2.75, 3.05) is 7.05 Å². The zero-order chi connectivity index (χ0) is 22.8. The Hall–Kier alpha value is -3.39. The van der Waals surface area contributed by atoms with Crippen LogP contribution in [0.3, 0.4) is 0 Å². The largest absolute Gasteiger partial charge is 0.416 e. The Morgan fingerprint density at radius 2 is 1.94 bits per heavy atom. The molecule has 0 aliphatic carbocycles. The highest BCUT2D eigenvalue weighted by molar-refractivity contribution is 6.35. The molecule has 0 atom stereocenters. The molecule has 1 heterocycles. The number of amidine groups is 1. The molecule has 0 fully saturated rings. The topological polar surface area (TPSA) is 80.4 Å². The minimum atomic E-state index is -4.50. The van der Waals surface area contributed by atoms with E-state index in [9.17, 15) is 18.0 Å². The smallest absolute Gasteiger partial charge is 0.398 e. The van der Waals surface area contributed by atoms with Crippen LogP contribution in [-0.4, -0.2) is 23.8 Å². The van der Waals surface area contributed by atoms with Gasteiger partial charge in [0.2, 0.25) is 0 Å². The lowest BCUT2D eigenvalue weighted by molar-refractivity contribution is -0.137. The van der Waals surface area contributed by atoms with Crippen LogP contribution in [0.4, 0.5) is 13.2 Å². The van der Waals surface area contributed by atoms with Gasteiger partial charge < -0.3 is 11.1 Å². The Kier molecular flexibility index (Phi) is 6.31. The van der Waals surface area contributed by atoms with Gasteiger partial charge in [-0.05, 0) is 42.8 Å². The van der Waals surface area contributed by atoms with Crippen molar-refractivity contribution in [3.05, 3.63) is 82.0 Å². The number of hydrogen-bond donors (Lipinski definition) is 2. The third-order valence-corrected chi connectivity index (χ3v) is 4.90. The number of rotatable bonds is 3. The van der Waals surface area contributed by atoms with Crippen molar-refractivity contribution in [1.82, 2.24) is 10.3 Å². The number of fused-ring (bicyclic) bond motifs is 1. The number of aliphatic imine (C=N–C) groups is 1. The third-order valence-electron chi connectivity index (χ3n) is 4.59. The van der Waals surface area contributed by atoms with Gasteiger partial charge in [0.1, 0.15) is 5.84 Å². The zero-order valence-electron chi connectivity index (χ0n) is 16.6. The number of nitrogens with one attached hydrogen (secondary N) is 1. The van der Waals surface area contributed by atoms with Gasteiger partial charge in [-0.1, -0.05) is 23.7 Å². The van der Waals surface area contributed by atoms with E-state index < -0.39 is 17.6 Å². The van der Waals surface area contributed by atoms with Gasteiger partial charge in [0.15, 0.2) is 0 Å². The van der Waals surface area contributed by atoms with Crippen molar-refractivity contribution in [3.63, 3.8) is 0 Å². The normalized spacial score (nSPS) is 12.8. The van der Waals surface area contributed by atoms with Crippen molar-refractivity contribution >= 4 is 39.9 Å². The van der Waals surface area contributed by atoms with Crippen LogP contribution < -0.4 is 11.1 Å². The first-order chi connectivity index (χ1) is 14.6. The van der Waals surface area contributed by atoms with Crippen LogP contribution in [0, 0.1) is 6.92 Å². The summed E-state index contributed by atoms with van der Waals surface area (Å²) >= 11 is 6.23. The molecule has 0 saturated carbocycles. The van der Waals surface area contributed by atoms with E-state index in [1.807, 2.05) is 6.07 Å². The van der Waals surface area contributed by atoms with Gasteiger partial charge in [0, 0.05) is 36.0 Å². The molecule has 5 nitrogen and oxygen atoms in total. The molecular formula is C22H18ClF3N4O. The number of halogens is 4. The zero-order valence-corrected chi connectivity index (χ0v) is 17.3. The molecule has 3 N–H and O–H groups in total. The molecule has 0 radical (unpaired) electrons. The van der Waals surface area contributed by atoms with Gasteiger partial charge in [-0.2, -0.15) is 13.2 Å². The second-order valence-electron chi connectivity index (χ2n) is 6.72. The van der Waals surface area contributed by atoms with E-state index in [0.29, 0.717) is 11.1 Å². The molecule has 3 rings (SSSR count). The highest BCUT2D eigenvalue weighted by Crippen LogP contribution is 2.31. The number of hydrogen-bond acceptors (Lipinski definition) is 4. The number of pyridine rings is 1. The molecule has 1 aromatic heterocycles. The third kappa shape index (κ3) is 5.03. The predicted octanol–water partition coefficient (Wildman–Crippen LogP) is 4.97. The van der Waals surface area contributed by atoms with E-state index in [1.165, 1.54) is 19.2 Å². The maximum Gasteiger partial charge on any atom is 0.416 e. The highest BCUT2D eigenvalue weighted by atomic mass is 35.5. The van der Waals surface area contributed by atoms with Crippen LogP contribution in [0.2, 0.25) is 5.02 Å². The Bertz CT molecular complexity index is 1220. The summed E-state index contributed by atoms with van der Waals surface area (Å²) in [5.41, 5.74) is 6.74. The molecule has 0 unspecified atom stereocenters. The minimum absolute atomic E-state index is 0.0239. The van der Waals surface area contributed by atoms with Gasteiger partial charge >= 0.3 is 6.18 Å². The van der Waals surface area contributed by atoms with Crippen LogP contribution >= 0.6 is 11.6 Å². The van der Waals surface area contributed by atoms with Gasteiger partial charge in [0.25, 0.3) is 5.91 Å². The Labute approximate surface area is 181 Å². The Morgan fingerprint density at radius 1 is 1.19 bits per heavy atom. The van der Waals surface area contributed by atoms with E-state index >= 15 is 0 Å². The van der Waals surface area contributed by atoms with Crippen molar-refractivity contribution in [1.29, 1.82) is 0 Å². The first-order valence-electron chi connectivity index (χ1n) is 9.08. The summed E-state index contributed by atoms with van der Waals surface area (Å²) in [4.78, 5) is 20.9. The van der Waals surface area contributed by atoms with E-state index in [-0.39, 0.29) is 27.7 Å². The summed E-state index contributed by atoms with van der Waals surface area (Å²) in [6.07, 6.45) is -1.61. The van der Waals surface area contributed by atoms with Crippen molar-refractivity contribution in [2.24, 2.45) is 10.7 Å². The van der Waals surface area contributed by atoms with Crippen LogP contribution in [0.1, 0.15) is 27.0 Å². The lowest BCUT2D eigenvalue weighted by Crippen LogP contribution is -2.30. The number of alkyl halides is 3. The van der Waals surface area contributed by atoms with E-state index in [0.717, 1.165) is 17.5 Å². The molecule has 0 saturated heterocycles. The fourth-order valence-electron chi connectivity index (χ4n) is 2.94. The number of amides is 1. The highest BCUT2D eigenvalue weighted by Gasteiger charge is 2.31.